The number of anilines is 1. The maximum absolute atomic E-state index is 9.45. The Balaban J connectivity index is 2.16. The number of phenols is 1. The normalized spacial score (nSPS) is 12.2. The van der Waals surface area contributed by atoms with Gasteiger partial charge in [0.05, 0.1) is 11.1 Å². The monoisotopic (exact) mass is 289 g/mol. The van der Waals surface area contributed by atoms with Gasteiger partial charge in [0.15, 0.2) is 0 Å². The summed E-state index contributed by atoms with van der Waals surface area (Å²) in [6.45, 7) is 4.30. The lowest BCUT2D eigenvalue weighted by Gasteiger charge is -2.19. The molecule has 106 valence electrons. The zero-order chi connectivity index (χ0) is 14.5. The lowest BCUT2D eigenvalue weighted by molar-refractivity contribution is 0.475. The molecule has 0 spiro atoms. The summed E-state index contributed by atoms with van der Waals surface area (Å²) in [5.41, 5.74) is 3.52. The molecule has 2 aromatic rings. The van der Waals surface area contributed by atoms with Crippen LogP contribution in [0.1, 0.15) is 37.4 Å². The Kier molecular flexibility index (Phi) is 4.91. The zero-order valence-electron chi connectivity index (χ0n) is 11.9. The molecule has 0 bridgehead atoms. The predicted molar refractivity (Wildman–Crippen MR) is 85.6 cm³/mol. The fourth-order valence-electron chi connectivity index (χ4n) is 2.20. The Bertz CT molecular complexity index is 566. The van der Waals surface area contributed by atoms with E-state index >= 15 is 0 Å². The zero-order valence-corrected chi connectivity index (χ0v) is 12.6. The highest BCUT2D eigenvalue weighted by atomic mass is 35.5. The molecule has 0 aliphatic carbocycles. The third kappa shape index (κ3) is 3.45. The fourth-order valence-corrected chi connectivity index (χ4v) is 2.39. The molecule has 0 aliphatic rings. The smallest absolute Gasteiger partial charge is 0.134 e. The average Bonchev–Trinajstić information content (AvgIpc) is 2.48. The first-order valence-corrected chi connectivity index (χ1v) is 7.35. The lowest BCUT2D eigenvalue weighted by Crippen LogP contribution is -2.09. The van der Waals surface area contributed by atoms with Crippen molar-refractivity contribution in [1.29, 1.82) is 0 Å². The molecule has 0 aromatic heterocycles. The molecule has 2 aromatic carbocycles. The van der Waals surface area contributed by atoms with Crippen molar-refractivity contribution in [3.8, 4) is 5.75 Å². The van der Waals surface area contributed by atoms with Crippen molar-refractivity contribution in [2.24, 2.45) is 0 Å². The van der Waals surface area contributed by atoms with E-state index in [1.165, 1.54) is 11.1 Å². The van der Waals surface area contributed by atoms with Crippen LogP contribution in [0.3, 0.4) is 0 Å². The Hall–Kier alpha value is -1.67. The summed E-state index contributed by atoms with van der Waals surface area (Å²) >= 11 is 5.94. The summed E-state index contributed by atoms with van der Waals surface area (Å²) in [7, 11) is 0. The molecule has 20 heavy (non-hydrogen) atoms. The molecule has 2 N–H and O–H groups in total. The van der Waals surface area contributed by atoms with E-state index in [1.54, 1.807) is 12.1 Å². The maximum atomic E-state index is 9.45. The number of aromatic hydroxyl groups is 1. The van der Waals surface area contributed by atoms with Gasteiger partial charge in [-0.2, -0.15) is 0 Å². The summed E-state index contributed by atoms with van der Waals surface area (Å²) in [5.74, 6) is 0.109. The summed E-state index contributed by atoms with van der Waals surface area (Å²) in [4.78, 5) is 0. The third-order valence-corrected chi connectivity index (χ3v) is 3.79. The van der Waals surface area contributed by atoms with Crippen LogP contribution in [0.25, 0.3) is 0 Å². The van der Waals surface area contributed by atoms with E-state index in [-0.39, 0.29) is 11.8 Å². The SMILES string of the molecule is CCc1ccc(C(CC)Nc2ccc(O)c(Cl)c2)cc1. The minimum Gasteiger partial charge on any atom is -0.506 e. The van der Waals surface area contributed by atoms with Crippen molar-refractivity contribution < 1.29 is 5.11 Å². The Morgan fingerprint density at radius 2 is 1.80 bits per heavy atom. The predicted octanol–water partition coefficient (Wildman–Crippen LogP) is 5.17. The first kappa shape index (κ1) is 14.7. The molecule has 0 aliphatic heterocycles. The van der Waals surface area contributed by atoms with Gasteiger partial charge >= 0.3 is 0 Å². The Labute approximate surface area is 125 Å². The molecule has 0 saturated carbocycles. The molecular weight excluding hydrogens is 270 g/mol. The summed E-state index contributed by atoms with van der Waals surface area (Å²) in [6, 6.07) is 14.1. The number of hydrogen-bond donors (Lipinski definition) is 2. The minimum absolute atomic E-state index is 0.109. The van der Waals surface area contributed by atoms with Crippen LogP contribution in [0.2, 0.25) is 5.02 Å². The second kappa shape index (κ2) is 6.67. The van der Waals surface area contributed by atoms with Crippen LogP contribution in [-0.2, 0) is 6.42 Å². The standard InChI is InChI=1S/C17H20ClNO/c1-3-12-5-7-13(8-6-12)16(4-2)19-14-9-10-17(20)15(18)11-14/h5-11,16,19-20H,3-4H2,1-2H3. The van der Waals surface area contributed by atoms with Crippen molar-refractivity contribution in [1.82, 2.24) is 0 Å². The topological polar surface area (TPSA) is 32.3 Å². The van der Waals surface area contributed by atoms with E-state index in [1.807, 2.05) is 6.07 Å². The molecule has 0 saturated heterocycles. The van der Waals surface area contributed by atoms with Gasteiger partial charge in [0.1, 0.15) is 5.75 Å². The van der Waals surface area contributed by atoms with Gasteiger partial charge in [-0.3, -0.25) is 0 Å². The molecule has 0 amide bonds. The van der Waals surface area contributed by atoms with Crippen molar-refractivity contribution in [3.63, 3.8) is 0 Å². The largest absolute Gasteiger partial charge is 0.506 e. The van der Waals surface area contributed by atoms with E-state index in [0.717, 1.165) is 18.5 Å². The van der Waals surface area contributed by atoms with Crippen LogP contribution < -0.4 is 5.32 Å². The van der Waals surface area contributed by atoms with Crippen LogP contribution in [0.15, 0.2) is 42.5 Å². The second-order valence-electron chi connectivity index (χ2n) is 4.87. The van der Waals surface area contributed by atoms with E-state index < -0.39 is 0 Å². The highest BCUT2D eigenvalue weighted by Gasteiger charge is 2.10. The van der Waals surface area contributed by atoms with Crippen LogP contribution in [0, 0.1) is 0 Å². The van der Waals surface area contributed by atoms with Gasteiger partial charge in [0.2, 0.25) is 0 Å². The van der Waals surface area contributed by atoms with Gasteiger partial charge in [-0.1, -0.05) is 49.7 Å². The fraction of sp³-hybridized carbons (Fsp3) is 0.294. The molecule has 2 nitrogen and oxygen atoms in total. The van der Waals surface area contributed by atoms with Crippen molar-refractivity contribution in [3.05, 3.63) is 58.6 Å². The molecule has 0 fully saturated rings. The molecule has 0 radical (unpaired) electrons. The third-order valence-electron chi connectivity index (χ3n) is 3.49. The second-order valence-corrected chi connectivity index (χ2v) is 5.27. The van der Waals surface area contributed by atoms with Crippen molar-refractivity contribution in [2.45, 2.75) is 32.7 Å². The number of phenolic OH excluding ortho intramolecular Hbond substituents is 1. The van der Waals surface area contributed by atoms with E-state index in [0.29, 0.717) is 5.02 Å². The Morgan fingerprint density at radius 1 is 1.10 bits per heavy atom. The Morgan fingerprint density at radius 3 is 2.35 bits per heavy atom. The quantitative estimate of drug-likeness (QED) is 0.744. The summed E-state index contributed by atoms with van der Waals surface area (Å²) in [5, 5.41) is 13.3. The maximum Gasteiger partial charge on any atom is 0.134 e. The summed E-state index contributed by atoms with van der Waals surface area (Å²) in [6.07, 6.45) is 2.03. The van der Waals surface area contributed by atoms with Crippen LogP contribution in [0.5, 0.6) is 5.75 Å². The van der Waals surface area contributed by atoms with Gasteiger partial charge in [-0.05, 0) is 42.2 Å². The van der Waals surface area contributed by atoms with Gasteiger partial charge in [-0.25, -0.2) is 0 Å². The number of aryl methyl sites for hydroxylation is 1. The highest BCUT2D eigenvalue weighted by Crippen LogP contribution is 2.29. The lowest BCUT2D eigenvalue weighted by atomic mass is 10.0. The number of hydrogen-bond acceptors (Lipinski definition) is 2. The van der Waals surface area contributed by atoms with Crippen LogP contribution in [-0.4, -0.2) is 5.11 Å². The molecule has 2 rings (SSSR count). The average molecular weight is 290 g/mol. The molecule has 3 heteroatoms. The molecular formula is C17H20ClNO. The molecule has 1 unspecified atom stereocenters. The number of rotatable bonds is 5. The van der Waals surface area contributed by atoms with Crippen LogP contribution in [0.4, 0.5) is 5.69 Å². The van der Waals surface area contributed by atoms with E-state index in [2.05, 4.69) is 43.4 Å². The number of benzene rings is 2. The molecule has 1 atom stereocenters. The van der Waals surface area contributed by atoms with Crippen LogP contribution >= 0.6 is 11.6 Å². The van der Waals surface area contributed by atoms with Gasteiger partial charge in [0.25, 0.3) is 0 Å². The van der Waals surface area contributed by atoms with E-state index in [9.17, 15) is 5.11 Å². The summed E-state index contributed by atoms with van der Waals surface area (Å²) < 4.78 is 0. The minimum atomic E-state index is 0.109. The highest BCUT2D eigenvalue weighted by molar-refractivity contribution is 6.32. The van der Waals surface area contributed by atoms with Gasteiger partial charge in [0, 0.05) is 5.69 Å². The number of nitrogens with one attached hydrogen (secondary N) is 1. The van der Waals surface area contributed by atoms with Gasteiger partial charge in [-0.15, -0.1) is 0 Å². The van der Waals surface area contributed by atoms with Crippen molar-refractivity contribution >= 4 is 17.3 Å². The van der Waals surface area contributed by atoms with Gasteiger partial charge < -0.3 is 10.4 Å². The number of halogens is 1. The first-order chi connectivity index (χ1) is 9.63. The first-order valence-electron chi connectivity index (χ1n) is 6.98. The molecule has 0 heterocycles. The van der Waals surface area contributed by atoms with Crippen molar-refractivity contribution in [2.75, 3.05) is 5.32 Å². The van der Waals surface area contributed by atoms with E-state index in [4.69, 9.17) is 11.6 Å².